The molecule has 0 spiro atoms. The van der Waals surface area contributed by atoms with Gasteiger partial charge in [0.2, 0.25) is 10.0 Å². The molecule has 7 nitrogen and oxygen atoms in total. The Hall–Kier alpha value is -2.20. The fourth-order valence-corrected chi connectivity index (χ4v) is 6.90. The van der Waals surface area contributed by atoms with Crippen molar-refractivity contribution in [2.24, 2.45) is 5.92 Å². The van der Waals surface area contributed by atoms with Crippen LogP contribution in [0.25, 0.3) is 10.1 Å². The lowest BCUT2D eigenvalue weighted by Gasteiger charge is -2.36. The standard InChI is InChI=1S/C22H26N2O5S2/c25-22(23-26)21(17-5-2-1-3-6-17)24(14-19-7-4-11-29-19)31(27,28)15-16-8-9-20-18(13-16)10-12-30-20/h4,7-13,17,21,26H,1-3,5-6,14-15H2,(H,23,25). The number of nitrogens with one attached hydrogen (secondary N) is 1. The summed E-state index contributed by atoms with van der Waals surface area (Å²) in [5.41, 5.74) is 2.36. The van der Waals surface area contributed by atoms with Gasteiger partial charge in [-0.25, -0.2) is 13.9 Å². The van der Waals surface area contributed by atoms with Crippen LogP contribution in [0.15, 0.2) is 52.5 Å². The molecule has 2 N–H and O–H groups in total. The Bertz CT molecular complexity index is 1120. The number of rotatable bonds is 8. The summed E-state index contributed by atoms with van der Waals surface area (Å²) in [5, 5.41) is 12.4. The van der Waals surface area contributed by atoms with Crippen molar-refractivity contribution in [3.05, 3.63) is 59.4 Å². The van der Waals surface area contributed by atoms with Gasteiger partial charge in [-0.05, 0) is 65.4 Å². The molecule has 0 saturated heterocycles. The van der Waals surface area contributed by atoms with E-state index in [4.69, 9.17) is 4.42 Å². The molecule has 2 aromatic heterocycles. The second-order valence-corrected chi connectivity index (χ2v) is 10.9. The zero-order chi connectivity index (χ0) is 21.8. The topological polar surface area (TPSA) is 99.8 Å². The number of amides is 1. The fourth-order valence-electron chi connectivity index (χ4n) is 4.42. The van der Waals surface area contributed by atoms with Crippen LogP contribution in [0.5, 0.6) is 0 Å². The van der Waals surface area contributed by atoms with E-state index in [0.29, 0.717) is 11.3 Å². The van der Waals surface area contributed by atoms with Crippen LogP contribution in [0.2, 0.25) is 0 Å². The Morgan fingerprint density at radius 3 is 2.74 bits per heavy atom. The molecule has 4 rings (SSSR count). The highest BCUT2D eigenvalue weighted by atomic mass is 32.2. The second kappa shape index (κ2) is 9.52. The number of hydrogen-bond acceptors (Lipinski definition) is 6. The number of nitrogens with zero attached hydrogens (tertiary/aromatic N) is 1. The normalized spacial score (nSPS) is 16.6. The maximum Gasteiger partial charge on any atom is 0.262 e. The van der Waals surface area contributed by atoms with Crippen LogP contribution < -0.4 is 5.48 Å². The van der Waals surface area contributed by atoms with Crippen LogP contribution in [-0.2, 0) is 27.1 Å². The molecule has 1 aliphatic carbocycles. The zero-order valence-electron chi connectivity index (χ0n) is 17.1. The van der Waals surface area contributed by atoms with Gasteiger partial charge in [0, 0.05) is 4.70 Å². The van der Waals surface area contributed by atoms with E-state index in [1.54, 1.807) is 28.9 Å². The first-order valence-corrected chi connectivity index (χ1v) is 12.9. The van der Waals surface area contributed by atoms with Crippen molar-refractivity contribution in [2.75, 3.05) is 0 Å². The van der Waals surface area contributed by atoms with E-state index in [-0.39, 0.29) is 18.2 Å². The van der Waals surface area contributed by atoms with Gasteiger partial charge >= 0.3 is 0 Å². The molecule has 1 saturated carbocycles. The third-order valence-corrected chi connectivity index (χ3v) is 8.57. The summed E-state index contributed by atoms with van der Waals surface area (Å²) >= 11 is 1.60. The maximum absolute atomic E-state index is 13.6. The number of hydrogen-bond donors (Lipinski definition) is 2. The molecular formula is C22H26N2O5S2. The lowest BCUT2D eigenvalue weighted by Crippen LogP contribution is -2.53. The Morgan fingerprint density at radius 1 is 1.23 bits per heavy atom. The van der Waals surface area contributed by atoms with Gasteiger partial charge in [-0.3, -0.25) is 10.0 Å². The van der Waals surface area contributed by atoms with E-state index in [1.165, 1.54) is 10.6 Å². The molecule has 1 amide bonds. The highest BCUT2D eigenvalue weighted by Gasteiger charge is 2.41. The summed E-state index contributed by atoms with van der Waals surface area (Å²) in [4.78, 5) is 12.7. The first kappa shape index (κ1) is 22.0. The minimum atomic E-state index is -3.90. The van der Waals surface area contributed by atoms with Crippen LogP contribution in [0.3, 0.4) is 0 Å². The molecule has 1 unspecified atom stereocenters. The average molecular weight is 463 g/mol. The number of thiophene rings is 1. The lowest BCUT2D eigenvalue weighted by molar-refractivity contribution is -0.135. The lowest BCUT2D eigenvalue weighted by atomic mass is 9.83. The van der Waals surface area contributed by atoms with Gasteiger partial charge in [0.05, 0.1) is 18.6 Å². The number of carbonyl (C=O) groups excluding carboxylic acids is 1. The highest BCUT2D eigenvalue weighted by Crippen LogP contribution is 2.32. The van der Waals surface area contributed by atoms with Gasteiger partial charge < -0.3 is 4.42 Å². The van der Waals surface area contributed by atoms with Crippen LogP contribution in [0.4, 0.5) is 0 Å². The number of benzene rings is 1. The van der Waals surface area contributed by atoms with E-state index in [9.17, 15) is 18.4 Å². The van der Waals surface area contributed by atoms with Gasteiger partial charge in [0.1, 0.15) is 11.8 Å². The monoisotopic (exact) mass is 462 g/mol. The van der Waals surface area contributed by atoms with Crippen molar-refractivity contribution in [3.8, 4) is 0 Å². The van der Waals surface area contributed by atoms with Gasteiger partial charge in [-0.2, -0.15) is 4.31 Å². The summed E-state index contributed by atoms with van der Waals surface area (Å²) in [6.45, 7) is -0.0649. The molecular weight excluding hydrogens is 436 g/mol. The van der Waals surface area contributed by atoms with Gasteiger partial charge in [-0.1, -0.05) is 25.3 Å². The second-order valence-electron chi connectivity index (χ2n) is 7.99. The minimum Gasteiger partial charge on any atom is -0.468 e. The third-order valence-electron chi connectivity index (χ3n) is 5.90. The summed E-state index contributed by atoms with van der Waals surface area (Å²) < 4.78 is 35.0. The highest BCUT2D eigenvalue weighted by molar-refractivity contribution is 7.88. The van der Waals surface area contributed by atoms with E-state index in [2.05, 4.69) is 0 Å². The Kier molecular flexibility index (Phi) is 6.76. The predicted octanol–water partition coefficient (Wildman–Crippen LogP) is 4.28. The maximum atomic E-state index is 13.6. The molecule has 1 fully saturated rings. The molecule has 31 heavy (non-hydrogen) atoms. The number of carbonyl (C=O) groups is 1. The largest absolute Gasteiger partial charge is 0.468 e. The molecule has 1 aromatic carbocycles. The molecule has 0 radical (unpaired) electrons. The van der Waals surface area contributed by atoms with Crippen molar-refractivity contribution in [1.29, 1.82) is 0 Å². The fraction of sp³-hybridized carbons (Fsp3) is 0.409. The smallest absolute Gasteiger partial charge is 0.262 e. The Balaban J connectivity index is 1.69. The van der Waals surface area contributed by atoms with Crippen molar-refractivity contribution in [2.45, 2.75) is 50.4 Å². The summed E-state index contributed by atoms with van der Waals surface area (Å²) in [7, 11) is -3.90. The average Bonchev–Trinajstić information content (AvgIpc) is 3.45. The number of fused-ring (bicyclic) bond motifs is 1. The molecule has 3 aromatic rings. The molecule has 0 aliphatic heterocycles. The minimum absolute atomic E-state index is 0.0649. The SMILES string of the molecule is O=C(NO)C(C1CCCCC1)N(Cc1ccco1)S(=O)(=O)Cc1ccc2sccc2c1. The first-order valence-electron chi connectivity index (χ1n) is 10.4. The van der Waals surface area contributed by atoms with Crippen LogP contribution in [-0.4, -0.2) is 29.9 Å². The summed E-state index contributed by atoms with van der Waals surface area (Å²) in [5.74, 6) is -0.648. The van der Waals surface area contributed by atoms with Gasteiger partial charge in [0.15, 0.2) is 0 Å². The molecule has 166 valence electrons. The van der Waals surface area contributed by atoms with Crippen molar-refractivity contribution >= 4 is 37.4 Å². The Morgan fingerprint density at radius 2 is 2.03 bits per heavy atom. The van der Waals surface area contributed by atoms with Crippen molar-refractivity contribution in [3.63, 3.8) is 0 Å². The number of furan rings is 1. The van der Waals surface area contributed by atoms with E-state index < -0.39 is 22.0 Å². The predicted molar refractivity (Wildman–Crippen MR) is 119 cm³/mol. The first-order chi connectivity index (χ1) is 15.0. The summed E-state index contributed by atoms with van der Waals surface area (Å²) in [6, 6.07) is 9.94. The van der Waals surface area contributed by atoms with Gasteiger partial charge in [0.25, 0.3) is 5.91 Å². The van der Waals surface area contributed by atoms with E-state index in [1.807, 2.05) is 29.6 Å². The van der Waals surface area contributed by atoms with E-state index >= 15 is 0 Å². The Labute approximate surface area is 185 Å². The molecule has 0 bridgehead atoms. The number of hydroxylamine groups is 1. The molecule has 1 atom stereocenters. The zero-order valence-corrected chi connectivity index (χ0v) is 18.7. The third kappa shape index (κ3) is 5.01. The molecule has 2 heterocycles. The van der Waals surface area contributed by atoms with Crippen LogP contribution >= 0.6 is 11.3 Å². The van der Waals surface area contributed by atoms with Gasteiger partial charge in [-0.15, -0.1) is 11.3 Å². The molecule has 9 heteroatoms. The summed E-state index contributed by atoms with van der Waals surface area (Å²) in [6.07, 6.45) is 5.89. The van der Waals surface area contributed by atoms with Crippen molar-refractivity contribution < 1.29 is 22.8 Å². The quantitative estimate of drug-likeness (QED) is 0.384. The van der Waals surface area contributed by atoms with E-state index in [0.717, 1.165) is 42.2 Å². The van der Waals surface area contributed by atoms with Crippen molar-refractivity contribution in [1.82, 2.24) is 9.79 Å². The number of sulfonamides is 1. The molecule has 1 aliphatic rings. The van der Waals surface area contributed by atoms with Crippen LogP contribution in [0.1, 0.15) is 43.4 Å². The van der Waals surface area contributed by atoms with Crippen LogP contribution in [0, 0.1) is 5.92 Å².